The summed E-state index contributed by atoms with van der Waals surface area (Å²) in [6.07, 6.45) is 0.192. The number of rotatable bonds is 5. The Morgan fingerprint density at radius 3 is 2.77 bits per heavy atom. The molecule has 5 N–H and O–H groups in total. The predicted octanol–water partition coefficient (Wildman–Crippen LogP) is -1.75. The molecule has 13 heavy (non-hydrogen) atoms. The maximum atomic E-state index is 10.7. The van der Waals surface area contributed by atoms with E-state index in [1.165, 1.54) is 5.64 Å². The van der Waals surface area contributed by atoms with Crippen LogP contribution in [0.15, 0.2) is 4.99 Å². The molecule has 0 aliphatic heterocycles. The van der Waals surface area contributed by atoms with Crippen molar-refractivity contribution in [3.63, 3.8) is 0 Å². The number of hydrogen-bond acceptors (Lipinski definition) is 6. The van der Waals surface area contributed by atoms with E-state index in [1.807, 2.05) is 0 Å². The lowest BCUT2D eigenvalue weighted by molar-refractivity contribution is -0.140. The Morgan fingerprint density at radius 1 is 1.69 bits per heavy atom. The number of carboxylic acids is 1. The van der Waals surface area contributed by atoms with Crippen molar-refractivity contribution in [1.29, 1.82) is 0 Å². The molecule has 0 rings (SSSR count). The number of nitrogens with one attached hydrogen (secondary N) is 1. The number of carboxylic acid groups (broad SMARTS) is 1. The molecule has 1 atom stereocenters. The van der Waals surface area contributed by atoms with Crippen LogP contribution in [0.4, 0.5) is 0 Å². The third-order valence-electron chi connectivity index (χ3n) is 1.01. The van der Waals surface area contributed by atoms with E-state index in [9.17, 15) is 9.59 Å². The minimum atomic E-state index is -1.29. The van der Waals surface area contributed by atoms with Crippen molar-refractivity contribution in [3.8, 4) is 0 Å². The molecule has 0 heterocycles. The second-order valence-corrected chi connectivity index (χ2v) is 1.99. The van der Waals surface area contributed by atoms with Crippen molar-refractivity contribution in [2.24, 2.45) is 10.7 Å². The SMILES string of the molecule is NC(CC(=O)/N=C/ONO)C(=O)O. The lowest BCUT2D eigenvalue weighted by Gasteiger charge is -2.00. The van der Waals surface area contributed by atoms with E-state index >= 15 is 0 Å². The lowest BCUT2D eigenvalue weighted by atomic mass is 10.2. The summed E-state index contributed by atoms with van der Waals surface area (Å²) in [5, 5.41) is 16.1. The molecule has 1 unspecified atom stereocenters. The molecule has 1 amide bonds. The fourth-order valence-corrected chi connectivity index (χ4v) is 0.437. The summed E-state index contributed by atoms with van der Waals surface area (Å²) in [6, 6.07) is -1.29. The minimum Gasteiger partial charge on any atom is -0.480 e. The number of hydrogen-bond donors (Lipinski definition) is 4. The van der Waals surface area contributed by atoms with Crippen LogP contribution >= 0.6 is 0 Å². The molecule has 0 saturated carbocycles. The third-order valence-corrected chi connectivity index (χ3v) is 1.01. The first-order valence-corrected chi connectivity index (χ1v) is 3.16. The van der Waals surface area contributed by atoms with E-state index in [0.29, 0.717) is 6.40 Å². The number of carbonyl (C=O) groups excluding carboxylic acids is 1. The zero-order valence-electron chi connectivity index (χ0n) is 6.51. The Labute approximate surface area is 72.9 Å². The minimum absolute atomic E-state index is 0.430. The van der Waals surface area contributed by atoms with Crippen LogP contribution in [0.25, 0.3) is 0 Å². The zero-order chi connectivity index (χ0) is 10.3. The molecule has 0 aliphatic carbocycles. The Balaban J connectivity index is 3.80. The van der Waals surface area contributed by atoms with Gasteiger partial charge in [0.1, 0.15) is 6.04 Å². The van der Waals surface area contributed by atoms with Crippen molar-refractivity contribution < 1.29 is 24.7 Å². The van der Waals surface area contributed by atoms with Crippen LogP contribution in [0.3, 0.4) is 0 Å². The normalized spacial score (nSPS) is 12.8. The molecule has 0 radical (unpaired) electrons. The van der Waals surface area contributed by atoms with Crippen molar-refractivity contribution in [2.75, 3.05) is 0 Å². The van der Waals surface area contributed by atoms with Crippen molar-refractivity contribution in [3.05, 3.63) is 0 Å². The van der Waals surface area contributed by atoms with E-state index in [1.54, 1.807) is 0 Å². The molecule has 0 aromatic rings. The van der Waals surface area contributed by atoms with E-state index in [2.05, 4.69) is 9.83 Å². The molecule has 74 valence electrons. The number of aliphatic imine (C=N–C) groups is 1. The van der Waals surface area contributed by atoms with Gasteiger partial charge in [0.15, 0.2) is 0 Å². The highest BCUT2D eigenvalue weighted by Gasteiger charge is 2.15. The summed E-state index contributed by atoms with van der Waals surface area (Å²) >= 11 is 0. The van der Waals surface area contributed by atoms with Gasteiger partial charge in [0.2, 0.25) is 6.40 Å². The summed E-state index contributed by atoms with van der Waals surface area (Å²) in [6.45, 7) is 0. The van der Waals surface area contributed by atoms with E-state index in [0.717, 1.165) is 0 Å². The molecule has 0 saturated heterocycles. The number of nitrogens with two attached hydrogens (primary N) is 1. The van der Waals surface area contributed by atoms with Gasteiger partial charge in [-0.25, -0.2) is 0 Å². The number of aliphatic carboxylic acids is 1. The molecule has 0 fully saturated rings. The molecule has 0 spiro atoms. The van der Waals surface area contributed by atoms with Crippen molar-refractivity contribution in [1.82, 2.24) is 5.64 Å². The molecule has 0 bridgehead atoms. The molecule has 8 heteroatoms. The summed E-state index contributed by atoms with van der Waals surface area (Å²) < 4.78 is 0. The van der Waals surface area contributed by atoms with Gasteiger partial charge < -0.3 is 15.7 Å². The third kappa shape index (κ3) is 5.73. The van der Waals surface area contributed by atoms with Gasteiger partial charge in [-0.2, -0.15) is 4.99 Å². The van der Waals surface area contributed by atoms with Gasteiger partial charge in [0.05, 0.1) is 6.42 Å². The first-order valence-electron chi connectivity index (χ1n) is 3.16. The van der Waals surface area contributed by atoms with Crippen molar-refractivity contribution in [2.45, 2.75) is 12.5 Å². The van der Waals surface area contributed by atoms with E-state index < -0.39 is 24.3 Å². The van der Waals surface area contributed by atoms with Crippen LogP contribution in [0.1, 0.15) is 6.42 Å². The van der Waals surface area contributed by atoms with Crippen molar-refractivity contribution >= 4 is 18.3 Å². The topological polar surface area (TPSA) is 134 Å². The van der Waals surface area contributed by atoms with Crippen LogP contribution in [-0.2, 0) is 14.4 Å². The second-order valence-electron chi connectivity index (χ2n) is 1.99. The molecular formula is C5H9N3O5. The van der Waals surface area contributed by atoms with Gasteiger partial charge in [-0.3, -0.25) is 14.8 Å². The summed E-state index contributed by atoms with van der Waals surface area (Å²) in [7, 11) is 0. The second kappa shape index (κ2) is 6.06. The monoisotopic (exact) mass is 191 g/mol. The highest BCUT2D eigenvalue weighted by molar-refractivity contribution is 5.87. The molecule has 0 aliphatic rings. The van der Waals surface area contributed by atoms with Gasteiger partial charge in [0.25, 0.3) is 5.91 Å². The number of carbonyl (C=O) groups is 2. The first kappa shape index (κ1) is 11.5. The van der Waals surface area contributed by atoms with Crippen LogP contribution in [0.2, 0.25) is 0 Å². The van der Waals surface area contributed by atoms with Crippen LogP contribution in [0.5, 0.6) is 0 Å². The Hall–Kier alpha value is -1.51. The fourth-order valence-electron chi connectivity index (χ4n) is 0.437. The maximum Gasteiger partial charge on any atom is 0.321 e. The summed E-state index contributed by atoms with van der Waals surface area (Å²) in [5.74, 6) is -2.05. The average Bonchev–Trinajstić information content (AvgIpc) is 2.04. The Bertz CT molecular complexity index is 216. The van der Waals surface area contributed by atoms with Gasteiger partial charge in [-0.05, 0) is 5.64 Å². The average molecular weight is 191 g/mol. The first-order chi connectivity index (χ1) is 6.07. The standard InChI is InChI=1S/C5H9N3O5/c6-3(5(10)11)1-4(9)7-2-13-8-12/h2-3,8,12H,1,6H2,(H,10,11)/b7-2+. The van der Waals surface area contributed by atoms with E-state index in [-0.39, 0.29) is 0 Å². The van der Waals surface area contributed by atoms with Gasteiger partial charge >= 0.3 is 5.97 Å². The molecule has 0 aromatic heterocycles. The number of nitrogens with zero attached hydrogens (tertiary/aromatic N) is 1. The molecular weight excluding hydrogens is 182 g/mol. The van der Waals surface area contributed by atoms with Gasteiger partial charge in [-0.1, -0.05) is 0 Å². The Morgan fingerprint density at radius 2 is 2.31 bits per heavy atom. The lowest BCUT2D eigenvalue weighted by Crippen LogP contribution is -2.32. The Kier molecular flexibility index (Phi) is 5.35. The number of amides is 1. The smallest absolute Gasteiger partial charge is 0.321 e. The zero-order valence-corrected chi connectivity index (χ0v) is 6.51. The van der Waals surface area contributed by atoms with Crippen LogP contribution < -0.4 is 11.4 Å². The van der Waals surface area contributed by atoms with Gasteiger partial charge in [-0.15, -0.1) is 0 Å². The molecule has 8 nitrogen and oxygen atoms in total. The van der Waals surface area contributed by atoms with E-state index in [4.69, 9.17) is 16.0 Å². The predicted molar refractivity (Wildman–Crippen MR) is 39.7 cm³/mol. The highest BCUT2D eigenvalue weighted by atomic mass is 16.8. The van der Waals surface area contributed by atoms with Crippen LogP contribution in [-0.4, -0.2) is 34.6 Å². The summed E-state index contributed by atoms with van der Waals surface area (Å²) in [5.41, 5.74) is 6.27. The highest BCUT2D eigenvalue weighted by Crippen LogP contribution is 1.90. The fraction of sp³-hybridized carbons (Fsp3) is 0.400. The van der Waals surface area contributed by atoms with Gasteiger partial charge in [0, 0.05) is 0 Å². The quantitative estimate of drug-likeness (QED) is 0.230. The maximum absolute atomic E-state index is 10.7. The largest absolute Gasteiger partial charge is 0.480 e. The van der Waals surface area contributed by atoms with Crippen LogP contribution in [0, 0.1) is 0 Å². The summed E-state index contributed by atoms with van der Waals surface area (Å²) in [4.78, 5) is 27.9. The molecule has 0 aromatic carbocycles.